The molecule has 1 saturated heterocycles. The smallest absolute Gasteiger partial charge is 0.353 e. The highest BCUT2D eigenvalue weighted by atomic mass is 19.4. The molecule has 0 unspecified atom stereocenters. The van der Waals surface area contributed by atoms with E-state index in [1.54, 1.807) is 23.9 Å². The second-order valence-electron chi connectivity index (χ2n) is 6.92. The van der Waals surface area contributed by atoms with Crippen molar-refractivity contribution in [3.63, 3.8) is 0 Å². The lowest BCUT2D eigenvalue weighted by atomic mass is 10.1. The van der Waals surface area contributed by atoms with Crippen LogP contribution >= 0.6 is 0 Å². The fraction of sp³-hybridized carbons (Fsp3) is 0.421. The number of hydrogen-bond donors (Lipinski definition) is 0. The minimum atomic E-state index is -4.37. The fourth-order valence-electron chi connectivity index (χ4n) is 3.06. The highest BCUT2D eigenvalue weighted by Gasteiger charge is 2.30. The van der Waals surface area contributed by atoms with Crippen LogP contribution in [0.5, 0.6) is 0 Å². The third-order valence-electron chi connectivity index (χ3n) is 4.57. The van der Waals surface area contributed by atoms with E-state index in [1.165, 1.54) is 12.1 Å². The predicted molar refractivity (Wildman–Crippen MR) is 100 cm³/mol. The Morgan fingerprint density at radius 3 is 2.18 bits per heavy atom. The molecule has 2 aromatic rings. The van der Waals surface area contributed by atoms with Crippen LogP contribution < -0.4 is 4.90 Å². The van der Waals surface area contributed by atoms with Crippen molar-refractivity contribution >= 4 is 11.8 Å². The number of nitrogens with zero attached hydrogens (tertiary/aromatic N) is 5. The van der Waals surface area contributed by atoms with Crippen LogP contribution in [-0.4, -0.2) is 66.1 Å². The standard InChI is InChI=1S/C19H22F3N5O/c1-13-12-16(26-8-10-27(11-9-26)18(28)25(2)3)24-17(23-13)14-4-6-15(7-5-14)19(20,21)22/h4-7,12H,8-11H2,1-3H3. The molecular formula is C19H22F3N5O. The van der Waals surface area contributed by atoms with Gasteiger partial charge in [0.1, 0.15) is 5.82 Å². The van der Waals surface area contributed by atoms with E-state index in [4.69, 9.17) is 0 Å². The van der Waals surface area contributed by atoms with Crippen molar-refractivity contribution in [2.75, 3.05) is 45.2 Å². The Morgan fingerprint density at radius 1 is 1.04 bits per heavy atom. The Hall–Kier alpha value is -2.84. The van der Waals surface area contributed by atoms with E-state index in [0.717, 1.165) is 17.8 Å². The number of hydrogen-bond acceptors (Lipinski definition) is 4. The average molecular weight is 393 g/mol. The van der Waals surface area contributed by atoms with Gasteiger partial charge in [-0.05, 0) is 19.1 Å². The number of benzene rings is 1. The second-order valence-corrected chi connectivity index (χ2v) is 6.92. The van der Waals surface area contributed by atoms with Crippen molar-refractivity contribution in [1.82, 2.24) is 19.8 Å². The summed E-state index contributed by atoms with van der Waals surface area (Å²) >= 11 is 0. The number of rotatable bonds is 2. The van der Waals surface area contributed by atoms with Crippen LogP contribution in [0.15, 0.2) is 30.3 Å². The van der Waals surface area contributed by atoms with Gasteiger partial charge in [0.15, 0.2) is 5.82 Å². The summed E-state index contributed by atoms with van der Waals surface area (Å²) in [4.78, 5) is 26.4. The van der Waals surface area contributed by atoms with Gasteiger partial charge < -0.3 is 14.7 Å². The molecule has 1 aromatic heterocycles. The molecule has 9 heteroatoms. The summed E-state index contributed by atoms with van der Waals surface area (Å²) in [6.07, 6.45) is -4.37. The highest BCUT2D eigenvalue weighted by Crippen LogP contribution is 2.30. The Balaban J connectivity index is 1.78. The van der Waals surface area contributed by atoms with Crippen molar-refractivity contribution in [3.05, 3.63) is 41.6 Å². The number of amides is 2. The van der Waals surface area contributed by atoms with Gasteiger partial charge >= 0.3 is 12.2 Å². The summed E-state index contributed by atoms with van der Waals surface area (Å²) in [6.45, 7) is 4.24. The predicted octanol–water partition coefficient (Wildman–Crippen LogP) is 3.27. The number of aryl methyl sites for hydroxylation is 1. The lowest BCUT2D eigenvalue weighted by Gasteiger charge is -2.36. The van der Waals surface area contributed by atoms with Crippen LogP contribution in [0.25, 0.3) is 11.4 Å². The van der Waals surface area contributed by atoms with Crippen molar-refractivity contribution in [1.29, 1.82) is 0 Å². The van der Waals surface area contributed by atoms with Crippen LogP contribution in [0.4, 0.5) is 23.8 Å². The molecular weight excluding hydrogens is 371 g/mol. The van der Waals surface area contributed by atoms with Crippen LogP contribution in [0.1, 0.15) is 11.3 Å². The number of urea groups is 1. The zero-order valence-electron chi connectivity index (χ0n) is 16.0. The first kappa shape index (κ1) is 19.9. The molecule has 2 heterocycles. The molecule has 28 heavy (non-hydrogen) atoms. The van der Waals surface area contributed by atoms with Gasteiger partial charge in [0.2, 0.25) is 0 Å². The molecule has 1 aromatic carbocycles. The first-order valence-electron chi connectivity index (χ1n) is 8.89. The molecule has 6 nitrogen and oxygen atoms in total. The molecule has 1 aliphatic heterocycles. The summed E-state index contributed by atoms with van der Waals surface area (Å²) in [5, 5.41) is 0. The Bertz CT molecular complexity index is 844. The van der Waals surface area contributed by atoms with E-state index < -0.39 is 11.7 Å². The maximum absolute atomic E-state index is 12.8. The van der Waals surface area contributed by atoms with Gasteiger partial charge in [0.25, 0.3) is 0 Å². The van der Waals surface area contributed by atoms with Gasteiger partial charge in [-0.25, -0.2) is 14.8 Å². The third-order valence-corrected chi connectivity index (χ3v) is 4.57. The number of alkyl halides is 3. The van der Waals surface area contributed by atoms with E-state index in [9.17, 15) is 18.0 Å². The van der Waals surface area contributed by atoms with E-state index in [0.29, 0.717) is 43.4 Å². The van der Waals surface area contributed by atoms with E-state index >= 15 is 0 Å². The van der Waals surface area contributed by atoms with Crippen LogP contribution in [0.3, 0.4) is 0 Å². The zero-order valence-corrected chi connectivity index (χ0v) is 16.0. The van der Waals surface area contributed by atoms with Gasteiger partial charge in [-0.2, -0.15) is 13.2 Å². The Morgan fingerprint density at radius 2 is 1.64 bits per heavy atom. The first-order valence-corrected chi connectivity index (χ1v) is 8.89. The molecule has 0 bridgehead atoms. The van der Waals surface area contributed by atoms with Crippen LogP contribution in [0, 0.1) is 6.92 Å². The van der Waals surface area contributed by atoms with Gasteiger partial charge in [0, 0.05) is 57.6 Å². The minimum Gasteiger partial charge on any atom is -0.353 e. The SMILES string of the molecule is Cc1cc(N2CCN(C(=O)N(C)C)CC2)nc(-c2ccc(C(F)(F)F)cc2)n1. The highest BCUT2D eigenvalue weighted by molar-refractivity contribution is 5.74. The molecule has 0 radical (unpaired) electrons. The molecule has 0 spiro atoms. The van der Waals surface area contributed by atoms with E-state index in [-0.39, 0.29) is 6.03 Å². The minimum absolute atomic E-state index is 0.0241. The summed E-state index contributed by atoms with van der Waals surface area (Å²) in [7, 11) is 3.44. The number of halogens is 3. The first-order chi connectivity index (χ1) is 13.1. The molecule has 0 N–H and O–H groups in total. The number of piperazine rings is 1. The van der Waals surface area contributed by atoms with Gasteiger partial charge in [-0.1, -0.05) is 12.1 Å². The quantitative estimate of drug-likeness (QED) is 0.786. The maximum atomic E-state index is 12.8. The number of anilines is 1. The summed E-state index contributed by atoms with van der Waals surface area (Å²) in [5.74, 6) is 1.09. The summed E-state index contributed by atoms with van der Waals surface area (Å²) in [5.41, 5.74) is 0.553. The molecule has 3 rings (SSSR count). The molecule has 0 atom stereocenters. The van der Waals surface area contributed by atoms with Crippen molar-refractivity contribution in [2.24, 2.45) is 0 Å². The molecule has 2 amide bonds. The van der Waals surface area contributed by atoms with Gasteiger partial charge in [-0.3, -0.25) is 0 Å². The van der Waals surface area contributed by atoms with Crippen molar-refractivity contribution in [2.45, 2.75) is 13.1 Å². The Kier molecular flexibility index (Phi) is 5.44. The maximum Gasteiger partial charge on any atom is 0.416 e. The normalized spacial score (nSPS) is 14.9. The van der Waals surface area contributed by atoms with E-state index in [2.05, 4.69) is 14.9 Å². The Labute approximate surface area is 161 Å². The van der Waals surface area contributed by atoms with Gasteiger partial charge in [-0.15, -0.1) is 0 Å². The molecule has 1 fully saturated rings. The molecule has 0 aliphatic carbocycles. The van der Waals surface area contributed by atoms with E-state index in [1.807, 2.05) is 13.0 Å². The number of carbonyl (C=O) groups excluding carboxylic acids is 1. The van der Waals surface area contributed by atoms with Crippen LogP contribution in [0.2, 0.25) is 0 Å². The molecule has 0 saturated carbocycles. The summed E-state index contributed by atoms with van der Waals surface area (Å²) < 4.78 is 38.3. The number of carbonyl (C=O) groups is 1. The van der Waals surface area contributed by atoms with Gasteiger partial charge in [0.05, 0.1) is 5.56 Å². The number of aromatic nitrogens is 2. The molecule has 150 valence electrons. The van der Waals surface area contributed by atoms with Crippen molar-refractivity contribution in [3.8, 4) is 11.4 Å². The third kappa shape index (κ3) is 4.35. The summed E-state index contributed by atoms with van der Waals surface area (Å²) in [6, 6.07) is 6.66. The second kappa shape index (κ2) is 7.65. The monoisotopic (exact) mass is 393 g/mol. The lowest BCUT2D eigenvalue weighted by molar-refractivity contribution is -0.137. The largest absolute Gasteiger partial charge is 0.416 e. The van der Waals surface area contributed by atoms with Crippen molar-refractivity contribution < 1.29 is 18.0 Å². The topological polar surface area (TPSA) is 52.6 Å². The van der Waals surface area contributed by atoms with Crippen LogP contribution in [-0.2, 0) is 6.18 Å². The molecule has 1 aliphatic rings. The zero-order chi connectivity index (χ0) is 20.5. The average Bonchev–Trinajstić information content (AvgIpc) is 2.66. The fourth-order valence-corrected chi connectivity index (χ4v) is 3.06. The lowest BCUT2D eigenvalue weighted by Crippen LogP contribution is -2.51.